The third kappa shape index (κ3) is 4.32. The van der Waals surface area contributed by atoms with Crippen LogP contribution in [-0.4, -0.2) is 17.2 Å². The largest absolute Gasteiger partial charge is 0.506 e. The molecule has 2 N–H and O–H groups in total. The van der Waals surface area contributed by atoms with Gasteiger partial charge in [0.1, 0.15) is 5.75 Å². The molecule has 0 aliphatic carbocycles. The van der Waals surface area contributed by atoms with Crippen molar-refractivity contribution in [3.8, 4) is 5.75 Å². The molecule has 4 nitrogen and oxygen atoms in total. The van der Waals surface area contributed by atoms with Gasteiger partial charge in [0.05, 0.1) is 25.7 Å². The summed E-state index contributed by atoms with van der Waals surface area (Å²) in [5.41, 5.74) is 3.42. The lowest BCUT2D eigenvalue weighted by atomic mass is 10.2. The van der Waals surface area contributed by atoms with Crippen molar-refractivity contribution in [2.45, 2.75) is 0 Å². The number of amides is 1. The van der Waals surface area contributed by atoms with E-state index in [1.165, 1.54) is 6.21 Å². The van der Waals surface area contributed by atoms with Crippen LogP contribution in [0, 0.1) is 0 Å². The molecule has 0 aliphatic heterocycles. The molecule has 0 saturated carbocycles. The standard InChI is InChI=1S/C14H8Br3ClN2O2/c15-8-1-2-9(12(18)5-8)14(22)20-19-6-7-3-10(16)13(21)11(17)4-7/h1-6,21H,(H,20,22). The lowest BCUT2D eigenvalue weighted by molar-refractivity contribution is 0.0955. The molecule has 0 bridgehead atoms. The van der Waals surface area contributed by atoms with Crippen molar-refractivity contribution in [2.24, 2.45) is 5.10 Å². The number of rotatable bonds is 3. The SMILES string of the molecule is O=C(NN=Cc1cc(Br)c(O)c(Br)c1)c1ccc(Br)cc1Cl. The summed E-state index contributed by atoms with van der Waals surface area (Å²) < 4.78 is 1.83. The number of aromatic hydroxyl groups is 1. The Hall–Kier alpha value is -0.890. The zero-order chi connectivity index (χ0) is 16.3. The Morgan fingerprint density at radius 2 is 1.82 bits per heavy atom. The molecule has 0 saturated heterocycles. The number of carbonyl (C=O) groups excluding carboxylic acids is 1. The van der Waals surface area contributed by atoms with Crippen LogP contribution in [0.4, 0.5) is 0 Å². The number of nitrogens with zero attached hydrogens (tertiary/aromatic N) is 1. The zero-order valence-electron chi connectivity index (χ0n) is 10.8. The van der Waals surface area contributed by atoms with E-state index in [0.29, 0.717) is 25.1 Å². The summed E-state index contributed by atoms with van der Waals surface area (Å²) in [5.74, 6) is -0.312. The number of hydrazone groups is 1. The number of nitrogens with one attached hydrogen (secondary N) is 1. The zero-order valence-corrected chi connectivity index (χ0v) is 16.3. The predicted octanol–water partition coefficient (Wildman–Crippen LogP) is 5.10. The molecule has 22 heavy (non-hydrogen) atoms. The van der Waals surface area contributed by atoms with Gasteiger partial charge >= 0.3 is 0 Å². The normalized spacial score (nSPS) is 10.9. The number of carbonyl (C=O) groups is 1. The molecular weight excluding hydrogens is 503 g/mol. The summed E-state index contributed by atoms with van der Waals surface area (Å²) in [7, 11) is 0. The number of hydrogen-bond acceptors (Lipinski definition) is 3. The second-order valence-corrected chi connectivity index (χ2v) is 7.19. The summed E-state index contributed by atoms with van der Waals surface area (Å²) >= 11 is 15.7. The summed E-state index contributed by atoms with van der Waals surface area (Å²) in [6.45, 7) is 0. The molecule has 2 aromatic carbocycles. The lowest BCUT2D eigenvalue weighted by Gasteiger charge is -2.04. The highest BCUT2D eigenvalue weighted by atomic mass is 79.9. The lowest BCUT2D eigenvalue weighted by Crippen LogP contribution is -2.18. The minimum Gasteiger partial charge on any atom is -0.506 e. The van der Waals surface area contributed by atoms with Crippen molar-refractivity contribution in [1.82, 2.24) is 5.43 Å². The van der Waals surface area contributed by atoms with E-state index >= 15 is 0 Å². The highest BCUT2D eigenvalue weighted by molar-refractivity contribution is 9.11. The van der Waals surface area contributed by atoms with Crippen LogP contribution in [0.15, 0.2) is 48.9 Å². The Morgan fingerprint density at radius 1 is 1.18 bits per heavy atom. The summed E-state index contributed by atoms with van der Waals surface area (Å²) in [6, 6.07) is 8.29. The fraction of sp³-hybridized carbons (Fsp3) is 0. The van der Waals surface area contributed by atoms with Crippen LogP contribution in [0.25, 0.3) is 0 Å². The maximum atomic E-state index is 12.0. The maximum Gasteiger partial charge on any atom is 0.272 e. The highest BCUT2D eigenvalue weighted by Crippen LogP contribution is 2.32. The molecule has 0 spiro atoms. The Kier molecular flexibility index (Phi) is 6.02. The molecule has 114 valence electrons. The van der Waals surface area contributed by atoms with Crippen LogP contribution in [0.3, 0.4) is 0 Å². The summed E-state index contributed by atoms with van der Waals surface area (Å²) in [5, 5.41) is 13.8. The molecule has 1 amide bonds. The van der Waals surface area contributed by atoms with Gasteiger partial charge in [0.25, 0.3) is 5.91 Å². The average Bonchev–Trinajstić information content (AvgIpc) is 2.44. The highest BCUT2D eigenvalue weighted by Gasteiger charge is 2.09. The van der Waals surface area contributed by atoms with Gasteiger partial charge in [-0.1, -0.05) is 27.5 Å². The number of phenols is 1. The van der Waals surface area contributed by atoms with Gasteiger partial charge in [-0.3, -0.25) is 4.79 Å². The van der Waals surface area contributed by atoms with Crippen LogP contribution in [-0.2, 0) is 0 Å². The first-order valence-electron chi connectivity index (χ1n) is 5.85. The molecule has 0 aromatic heterocycles. The van der Waals surface area contributed by atoms with Crippen LogP contribution in [0.5, 0.6) is 5.75 Å². The van der Waals surface area contributed by atoms with Gasteiger partial charge in [0, 0.05) is 4.47 Å². The number of hydrogen-bond donors (Lipinski definition) is 2. The van der Waals surface area contributed by atoms with Crippen LogP contribution < -0.4 is 5.43 Å². The van der Waals surface area contributed by atoms with E-state index < -0.39 is 5.91 Å². The van der Waals surface area contributed by atoms with Gasteiger partial charge in [0.2, 0.25) is 0 Å². The van der Waals surface area contributed by atoms with E-state index in [0.717, 1.165) is 4.47 Å². The van der Waals surface area contributed by atoms with E-state index in [-0.39, 0.29) is 5.75 Å². The van der Waals surface area contributed by atoms with Crippen LogP contribution in [0.1, 0.15) is 15.9 Å². The van der Waals surface area contributed by atoms with Crippen molar-refractivity contribution < 1.29 is 9.90 Å². The third-order valence-electron chi connectivity index (χ3n) is 2.59. The van der Waals surface area contributed by atoms with E-state index in [1.54, 1.807) is 30.3 Å². The third-order valence-corrected chi connectivity index (χ3v) is 4.61. The molecule has 0 fully saturated rings. The molecule has 0 unspecified atom stereocenters. The first kappa shape index (κ1) is 17.5. The maximum absolute atomic E-state index is 12.0. The van der Waals surface area contributed by atoms with Crippen LogP contribution >= 0.6 is 59.4 Å². The molecular formula is C14H8Br3ClN2O2. The average molecular weight is 511 g/mol. The Morgan fingerprint density at radius 3 is 2.41 bits per heavy atom. The molecule has 0 heterocycles. The number of halogens is 4. The first-order valence-corrected chi connectivity index (χ1v) is 8.60. The second kappa shape index (κ2) is 7.59. The first-order chi connectivity index (χ1) is 10.4. The fourth-order valence-electron chi connectivity index (χ4n) is 1.56. The van der Waals surface area contributed by atoms with E-state index in [2.05, 4.69) is 58.3 Å². The van der Waals surface area contributed by atoms with E-state index in [1.807, 2.05) is 0 Å². The van der Waals surface area contributed by atoms with E-state index in [9.17, 15) is 9.90 Å². The molecule has 0 radical (unpaired) electrons. The Bertz CT molecular complexity index is 743. The van der Waals surface area contributed by atoms with Crippen LogP contribution in [0.2, 0.25) is 5.02 Å². The Balaban J connectivity index is 2.10. The minimum absolute atomic E-state index is 0.0998. The summed E-state index contributed by atoms with van der Waals surface area (Å²) in [4.78, 5) is 12.0. The van der Waals surface area contributed by atoms with Gasteiger partial charge in [-0.2, -0.15) is 5.10 Å². The Labute approximate surface area is 156 Å². The van der Waals surface area contributed by atoms with Crippen molar-refractivity contribution in [3.63, 3.8) is 0 Å². The van der Waals surface area contributed by atoms with Gasteiger partial charge in [-0.25, -0.2) is 5.43 Å². The molecule has 2 aromatic rings. The molecule has 2 rings (SSSR count). The quantitative estimate of drug-likeness (QED) is 0.445. The smallest absolute Gasteiger partial charge is 0.272 e. The molecule has 0 atom stereocenters. The number of phenolic OH excluding ortho intramolecular Hbond substituents is 1. The topological polar surface area (TPSA) is 61.7 Å². The molecule has 8 heteroatoms. The van der Waals surface area contributed by atoms with Crippen molar-refractivity contribution in [2.75, 3.05) is 0 Å². The number of benzene rings is 2. The van der Waals surface area contributed by atoms with Gasteiger partial charge in [0.15, 0.2) is 0 Å². The van der Waals surface area contributed by atoms with Gasteiger partial charge in [-0.15, -0.1) is 0 Å². The summed E-state index contributed by atoms with van der Waals surface area (Å²) in [6.07, 6.45) is 1.46. The van der Waals surface area contributed by atoms with Gasteiger partial charge < -0.3 is 5.11 Å². The molecule has 0 aliphatic rings. The fourth-order valence-corrected chi connectivity index (χ4v) is 3.54. The van der Waals surface area contributed by atoms with E-state index in [4.69, 9.17) is 11.6 Å². The predicted molar refractivity (Wildman–Crippen MR) is 97.7 cm³/mol. The minimum atomic E-state index is -0.411. The monoisotopic (exact) mass is 508 g/mol. The van der Waals surface area contributed by atoms with Gasteiger partial charge in [-0.05, 0) is 67.8 Å². The van der Waals surface area contributed by atoms with Crippen molar-refractivity contribution >= 4 is 71.5 Å². The van der Waals surface area contributed by atoms with Crippen molar-refractivity contribution in [3.05, 3.63) is 59.9 Å². The second-order valence-electron chi connectivity index (χ2n) is 4.16. The van der Waals surface area contributed by atoms with Crippen molar-refractivity contribution in [1.29, 1.82) is 0 Å².